The van der Waals surface area contributed by atoms with Gasteiger partial charge in [0, 0.05) is 59.0 Å². The van der Waals surface area contributed by atoms with Crippen molar-refractivity contribution in [2.24, 2.45) is 10.7 Å². The molecule has 1 atom stereocenters. The summed E-state index contributed by atoms with van der Waals surface area (Å²) in [5.74, 6) is -0.855. The summed E-state index contributed by atoms with van der Waals surface area (Å²) in [7, 11) is 0. The molecular weight excluding hydrogens is 520 g/mol. The number of hydrogen-bond donors (Lipinski definition) is 1. The van der Waals surface area contributed by atoms with Crippen molar-refractivity contribution in [1.29, 1.82) is 0 Å². The number of aliphatic imine (C=N–C) groups is 1. The summed E-state index contributed by atoms with van der Waals surface area (Å²) in [4.78, 5) is 28.5. The van der Waals surface area contributed by atoms with Crippen molar-refractivity contribution in [3.63, 3.8) is 0 Å². The maximum atomic E-state index is 14.8. The molecule has 3 heterocycles. The lowest BCUT2D eigenvalue weighted by molar-refractivity contribution is 0.0791. The number of aromatic nitrogens is 2. The smallest absolute Gasteiger partial charge is 0.253 e. The predicted octanol–water partition coefficient (Wildman–Crippen LogP) is 5.19. The summed E-state index contributed by atoms with van der Waals surface area (Å²) < 4.78 is 29.5. The number of hydrogen-bond acceptors (Lipinski definition) is 5. The van der Waals surface area contributed by atoms with Gasteiger partial charge in [0.15, 0.2) is 0 Å². The zero-order chi connectivity index (χ0) is 27.1. The zero-order valence-electron chi connectivity index (χ0n) is 20.9. The second kappa shape index (κ2) is 10.3. The first-order valence-corrected chi connectivity index (χ1v) is 13.0. The maximum Gasteiger partial charge on any atom is 0.253 e. The van der Waals surface area contributed by atoms with Crippen molar-refractivity contribution >= 4 is 23.2 Å². The number of nitrogens with two attached hydrogens (primary N) is 1. The van der Waals surface area contributed by atoms with Crippen LogP contribution in [-0.4, -0.2) is 45.6 Å². The molecule has 2 N–H and O–H groups in total. The van der Waals surface area contributed by atoms with Crippen LogP contribution in [0.3, 0.4) is 0 Å². The van der Waals surface area contributed by atoms with Gasteiger partial charge in [-0.1, -0.05) is 35.9 Å². The fourth-order valence-electron chi connectivity index (χ4n) is 5.09. The van der Waals surface area contributed by atoms with E-state index >= 15 is 0 Å². The minimum absolute atomic E-state index is 0.0202. The molecule has 1 saturated heterocycles. The summed E-state index contributed by atoms with van der Waals surface area (Å²) in [5.41, 5.74) is 10.0. The van der Waals surface area contributed by atoms with Gasteiger partial charge in [0.25, 0.3) is 5.91 Å². The van der Waals surface area contributed by atoms with Crippen LogP contribution in [0.5, 0.6) is 0 Å². The number of carbonyl (C=O) groups excluding carboxylic acids is 1. The number of carbonyl (C=O) groups is 1. The number of benzene rings is 3. The van der Waals surface area contributed by atoms with E-state index in [1.54, 1.807) is 29.3 Å². The van der Waals surface area contributed by atoms with E-state index in [0.29, 0.717) is 52.7 Å². The number of amides is 1. The van der Waals surface area contributed by atoms with Crippen LogP contribution in [0.4, 0.5) is 8.78 Å². The minimum Gasteiger partial charge on any atom is -0.337 e. The van der Waals surface area contributed by atoms with E-state index in [0.717, 1.165) is 17.5 Å². The monoisotopic (exact) mass is 543 g/mol. The molecule has 6 rings (SSSR count). The molecule has 2 aliphatic heterocycles. The van der Waals surface area contributed by atoms with E-state index in [9.17, 15) is 13.6 Å². The van der Waals surface area contributed by atoms with E-state index in [-0.39, 0.29) is 29.8 Å². The Bertz CT molecular complexity index is 1600. The first-order chi connectivity index (χ1) is 18.9. The van der Waals surface area contributed by atoms with Gasteiger partial charge >= 0.3 is 0 Å². The maximum absolute atomic E-state index is 14.8. The van der Waals surface area contributed by atoms with Gasteiger partial charge in [-0.15, -0.1) is 0 Å². The molecule has 0 spiro atoms. The largest absolute Gasteiger partial charge is 0.337 e. The third kappa shape index (κ3) is 4.93. The predicted molar refractivity (Wildman–Crippen MR) is 146 cm³/mol. The van der Waals surface area contributed by atoms with Gasteiger partial charge in [-0.2, -0.15) is 0 Å². The molecular formula is C30H24ClF2N5O. The SMILES string of the molecule is NC1CCN(C(=O)c2ccc(Cc3ncc4c(n3)-c3ccc(Cl)cc3C(c3c(F)cccc3F)=NC4)cc2)C1. The highest BCUT2D eigenvalue weighted by Gasteiger charge is 2.26. The van der Waals surface area contributed by atoms with E-state index < -0.39 is 11.6 Å². The summed E-state index contributed by atoms with van der Waals surface area (Å²) in [6.45, 7) is 1.40. The van der Waals surface area contributed by atoms with E-state index in [1.165, 1.54) is 18.2 Å². The molecule has 1 aromatic heterocycles. The molecule has 4 aromatic rings. The van der Waals surface area contributed by atoms with Gasteiger partial charge in [-0.05, 0) is 48.4 Å². The molecule has 9 heteroatoms. The lowest BCUT2D eigenvalue weighted by atomic mass is 9.94. The Morgan fingerprint density at radius 3 is 2.54 bits per heavy atom. The summed E-state index contributed by atoms with van der Waals surface area (Å²) in [5, 5.41) is 0.418. The molecule has 0 bridgehead atoms. The van der Waals surface area contributed by atoms with Gasteiger partial charge in [0.2, 0.25) is 0 Å². The molecule has 1 amide bonds. The summed E-state index contributed by atoms with van der Waals surface area (Å²) in [6, 6.07) is 16.3. The first-order valence-electron chi connectivity index (χ1n) is 12.6. The first kappa shape index (κ1) is 25.3. The highest BCUT2D eigenvalue weighted by Crippen LogP contribution is 2.34. The number of fused-ring (bicyclic) bond motifs is 3. The van der Waals surface area contributed by atoms with Crippen LogP contribution in [0.2, 0.25) is 5.02 Å². The summed E-state index contributed by atoms with van der Waals surface area (Å²) >= 11 is 6.30. The van der Waals surface area contributed by atoms with Gasteiger partial charge in [0.1, 0.15) is 17.5 Å². The average molecular weight is 544 g/mol. The van der Waals surface area contributed by atoms with Gasteiger partial charge in [-0.3, -0.25) is 9.79 Å². The Morgan fingerprint density at radius 2 is 1.82 bits per heavy atom. The number of likely N-dealkylation sites (tertiary alicyclic amines) is 1. The van der Waals surface area contributed by atoms with Crippen molar-refractivity contribution < 1.29 is 13.6 Å². The lowest BCUT2D eigenvalue weighted by Gasteiger charge is -2.16. The van der Waals surface area contributed by atoms with Gasteiger partial charge < -0.3 is 10.6 Å². The quantitative estimate of drug-likeness (QED) is 0.384. The van der Waals surface area contributed by atoms with Crippen molar-refractivity contribution in [3.05, 3.63) is 117 Å². The second-order valence-electron chi connectivity index (χ2n) is 9.79. The van der Waals surface area contributed by atoms with E-state index in [1.807, 2.05) is 24.3 Å². The number of nitrogens with zero attached hydrogens (tertiary/aromatic N) is 4. The average Bonchev–Trinajstić information content (AvgIpc) is 3.30. The van der Waals surface area contributed by atoms with Crippen LogP contribution in [0.25, 0.3) is 11.3 Å². The molecule has 3 aromatic carbocycles. The Balaban J connectivity index is 1.31. The fourth-order valence-corrected chi connectivity index (χ4v) is 5.26. The standard InChI is InChI=1S/C30H24ClF2N5O/c31-20-8-9-22-23(13-20)29(27-24(32)2-1-3-25(27)33)36-15-19-14-35-26(37-28(19)22)12-17-4-6-18(7-5-17)30(39)38-11-10-21(34)16-38/h1-9,13-14,21H,10-12,15-16,34H2. The van der Waals surface area contributed by atoms with E-state index in [2.05, 4.69) is 9.98 Å². The minimum atomic E-state index is -0.702. The molecule has 196 valence electrons. The normalized spacial score (nSPS) is 16.4. The van der Waals surface area contributed by atoms with Crippen molar-refractivity contribution in [2.75, 3.05) is 13.1 Å². The van der Waals surface area contributed by atoms with Crippen molar-refractivity contribution in [1.82, 2.24) is 14.9 Å². The van der Waals surface area contributed by atoms with Crippen LogP contribution in [0, 0.1) is 11.6 Å². The molecule has 39 heavy (non-hydrogen) atoms. The highest BCUT2D eigenvalue weighted by atomic mass is 35.5. The van der Waals surface area contributed by atoms with E-state index in [4.69, 9.17) is 22.3 Å². The van der Waals surface area contributed by atoms with Crippen molar-refractivity contribution in [2.45, 2.75) is 25.4 Å². The molecule has 0 radical (unpaired) electrons. The summed E-state index contributed by atoms with van der Waals surface area (Å²) in [6.07, 6.45) is 2.96. The molecule has 1 unspecified atom stereocenters. The number of halogens is 3. The molecule has 6 nitrogen and oxygen atoms in total. The van der Waals surface area contributed by atoms with Gasteiger partial charge in [-0.25, -0.2) is 18.7 Å². The Hall–Kier alpha value is -4.01. The fraction of sp³-hybridized carbons (Fsp3) is 0.200. The molecule has 0 aliphatic carbocycles. The lowest BCUT2D eigenvalue weighted by Crippen LogP contribution is -2.31. The number of rotatable bonds is 4. The molecule has 1 fully saturated rings. The third-order valence-electron chi connectivity index (χ3n) is 7.09. The van der Waals surface area contributed by atoms with Crippen LogP contribution >= 0.6 is 11.6 Å². The van der Waals surface area contributed by atoms with Crippen LogP contribution in [0.1, 0.15) is 44.9 Å². The molecule has 0 saturated carbocycles. The van der Waals surface area contributed by atoms with Crippen molar-refractivity contribution in [3.8, 4) is 11.3 Å². The van der Waals surface area contributed by atoms with Crippen LogP contribution in [-0.2, 0) is 13.0 Å². The van der Waals surface area contributed by atoms with Gasteiger partial charge in [0.05, 0.1) is 23.5 Å². The Kier molecular flexibility index (Phi) is 6.66. The Labute approximate surface area is 229 Å². The van der Waals surface area contributed by atoms with Crippen LogP contribution in [0.15, 0.2) is 71.9 Å². The third-order valence-corrected chi connectivity index (χ3v) is 7.32. The molecule has 2 aliphatic rings. The highest BCUT2D eigenvalue weighted by molar-refractivity contribution is 6.31. The topological polar surface area (TPSA) is 84.5 Å². The Morgan fingerprint density at radius 1 is 1.05 bits per heavy atom. The second-order valence-corrected chi connectivity index (χ2v) is 10.2. The van der Waals surface area contributed by atoms with Crippen LogP contribution < -0.4 is 5.73 Å². The zero-order valence-corrected chi connectivity index (χ0v) is 21.6.